The second-order valence-corrected chi connectivity index (χ2v) is 6.41. The zero-order chi connectivity index (χ0) is 19.2. The number of nitrogens with zero attached hydrogens (tertiary/aromatic N) is 5. The van der Waals surface area contributed by atoms with E-state index in [9.17, 15) is 18.0 Å². The summed E-state index contributed by atoms with van der Waals surface area (Å²) in [6.45, 7) is 1.79. The van der Waals surface area contributed by atoms with E-state index in [0.29, 0.717) is 10.2 Å². The predicted octanol–water partition coefficient (Wildman–Crippen LogP) is 3.19. The Morgan fingerprint density at radius 3 is 2.81 bits per heavy atom. The molecule has 1 N–H and O–H groups in total. The topological polar surface area (TPSA) is 94.3 Å². The Labute approximate surface area is 152 Å². The molecule has 0 fully saturated rings. The van der Waals surface area contributed by atoms with Gasteiger partial charge in [-0.3, -0.25) is 10.1 Å². The van der Waals surface area contributed by atoms with Crippen LogP contribution in [0.25, 0.3) is 16.0 Å². The third-order valence-electron chi connectivity index (χ3n) is 3.45. The number of aromatic nitrogens is 5. The first kappa shape index (κ1) is 17.1. The number of carbonyl (C=O) groups is 1. The van der Waals surface area contributed by atoms with E-state index >= 15 is 0 Å². The summed E-state index contributed by atoms with van der Waals surface area (Å²) in [6, 6.07) is 5.45. The summed E-state index contributed by atoms with van der Waals surface area (Å²) in [7, 11) is 0. The van der Waals surface area contributed by atoms with E-state index in [1.807, 2.05) is 0 Å². The van der Waals surface area contributed by atoms with Gasteiger partial charge in [-0.25, -0.2) is 14.5 Å². The van der Waals surface area contributed by atoms with Gasteiger partial charge in [0.05, 0.1) is 10.2 Å². The first-order valence-electron chi connectivity index (χ1n) is 7.44. The average Bonchev–Trinajstić information content (AvgIpc) is 3.17. The lowest BCUT2D eigenvalue weighted by Gasteiger charge is -2.07. The minimum Gasteiger partial charge on any atom is -0.406 e. The van der Waals surface area contributed by atoms with Crippen LogP contribution in [-0.2, 0) is 0 Å². The molecule has 0 atom stereocenters. The van der Waals surface area contributed by atoms with E-state index < -0.39 is 12.3 Å². The number of thiazole rings is 1. The molecule has 3 heterocycles. The SMILES string of the molecule is Cc1ccnc2nc(C(=O)Nc3nc4ccc(OC(F)(F)F)cc4s3)nn12. The normalized spacial score (nSPS) is 11.9. The van der Waals surface area contributed by atoms with Crippen LogP contribution in [0.2, 0.25) is 0 Å². The summed E-state index contributed by atoms with van der Waals surface area (Å²) in [4.78, 5) is 24.6. The number of amides is 1. The van der Waals surface area contributed by atoms with Crippen molar-refractivity contribution in [2.24, 2.45) is 0 Å². The molecule has 12 heteroatoms. The van der Waals surface area contributed by atoms with Crippen molar-refractivity contribution in [3.63, 3.8) is 0 Å². The van der Waals surface area contributed by atoms with Gasteiger partial charge in [0.1, 0.15) is 5.75 Å². The van der Waals surface area contributed by atoms with Gasteiger partial charge in [-0.15, -0.1) is 18.3 Å². The van der Waals surface area contributed by atoms with E-state index in [4.69, 9.17) is 0 Å². The minimum atomic E-state index is -4.78. The molecule has 0 bridgehead atoms. The lowest BCUT2D eigenvalue weighted by molar-refractivity contribution is -0.274. The van der Waals surface area contributed by atoms with E-state index in [-0.39, 0.29) is 22.5 Å². The second kappa shape index (κ2) is 6.16. The van der Waals surface area contributed by atoms with Crippen LogP contribution >= 0.6 is 11.3 Å². The van der Waals surface area contributed by atoms with E-state index in [0.717, 1.165) is 23.1 Å². The molecule has 0 unspecified atom stereocenters. The Kier molecular flexibility index (Phi) is 3.91. The maximum atomic E-state index is 12.3. The summed E-state index contributed by atoms with van der Waals surface area (Å²) in [5, 5.41) is 6.81. The minimum absolute atomic E-state index is 0.0999. The Balaban J connectivity index is 1.58. The number of carbonyl (C=O) groups excluding carboxylic acids is 1. The highest BCUT2D eigenvalue weighted by molar-refractivity contribution is 7.22. The number of alkyl halides is 3. The molecule has 0 aliphatic rings. The fourth-order valence-electron chi connectivity index (χ4n) is 2.31. The Hall–Kier alpha value is -3.28. The lowest BCUT2D eigenvalue weighted by atomic mass is 10.3. The molecule has 1 amide bonds. The summed E-state index contributed by atoms with van der Waals surface area (Å²) in [5.74, 6) is -0.790. The van der Waals surface area contributed by atoms with Gasteiger partial charge >= 0.3 is 6.36 Å². The van der Waals surface area contributed by atoms with Crippen LogP contribution in [0.5, 0.6) is 5.75 Å². The Bertz CT molecular complexity index is 1170. The van der Waals surface area contributed by atoms with Gasteiger partial charge in [-0.05, 0) is 25.1 Å². The molecule has 0 aliphatic heterocycles. The van der Waals surface area contributed by atoms with E-state index in [1.54, 1.807) is 19.2 Å². The fourth-order valence-corrected chi connectivity index (χ4v) is 3.20. The third-order valence-corrected chi connectivity index (χ3v) is 4.38. The van der Waals surface area contributed by atoms with Crippen LogP contribution in [0.4, 0.5) is 18.3 Å². The first-order valence-corrected chi connectivity index (χ1v) is 8.26. The molecule has 0 saturated carbocycles. The molecule has 1 aromatic carbocycles. The van der Waals surface area contributed by atoms with Crippen molar-refractivity contribution in [1.82, 2.24) is 24.6 Å². The number of halogens is 3. The van der Waals surface area contributed by atoms with Crippen LogP contribution in [0, 0.1) is 6.92 Å². The molecule has 0 aliphatic carbocycles. The number of benzene rings is 1. The molecule has 4 rings (SSSR count). The van der Waals surface area contributed by atoms with Gasteiger partial charge < -0.3 is 4.74 Å². The molecule has 0 spiro atoms. The Morgan fingerprint density at radius 2 is 2.07 bits per heavy atom. The zero-order valence-corrected chi connectivity index (χ0v) is 14.3. The van der Waals surface area contributed by atoms with Crippen LogP contribution in [-0.4, -0.2) is 36.8 Å². The molecule has 0 radical (unpaired) electrons. The van der Waals surface area contributed by atoms with Gasteiger partial charge in [0.25, 0.3) is 11.7 Å². The maximum Gasteiger partial charge on any atom is 0.573 e. The summed E-state index contributed by atoms with van der Waals surface area (Å²) in [6.07, 6.45) is -3.23. The zero-order valence-electron chi connectivity index (χ0n) is 13.5. The van der Waals surface area contributed by atoms with Gasteiger partial charge in [0.15, 0.2) is 5.13 Å². The summed E-state index contributed by atoms with van der Waals surface area (Å²) < 4.78 is 42.7. The number of rotatable bonds is 3. The van der Waals surface area contributed by atoms with E-state index in [2.05, 4.69) is 30.1 Å². The number of ether oxygens (including phenoxy) is 1. The highest BCUT2D eigenvalue weighted by Gasteiger charge is 2.31. The standard InChI is InChI=1S/C15H9F3N6O2S/c1-7-4-5-19-13-21-11(23-24(7)13)12(25)22-14-20-9-3-2-8(6-10(9)27-14)26-15(16,17)18/h2-6H,1H3,(H,20,22,25). The van der Waals surface area contributed by atoms with Crippen LogP contribution in [0.15, 0.2) is 30.5 Å². The third kappa shape index (κ3) is 3.51. The largest absolute Gasteiger partial charge is 0.573 e. The van der Waals surface area contributed by atoms with Gasteiger partial charge in [-0.2, -0.15) is 4.98 Å². The van der Waals surface area contributed by atoms with Gasteiger partial charge in [-0.1, -0.05) is 11.3 Å². The quantitative estimate of drug-likeness (QED) is 0.574. The Morgan fingerprint density at radius 1 is 1.26 bits per heavy atom. The van der Waals surface area contributed by atoms with Crippen LogP contribution in [0.3, 0.4) is 0 Å². The smallest absolute Gasteiger partial charge is 0.406 e. The number of hydrogen-bond donors (Lipinski definition) is 1. The molecule has 4 aromatic rings. The number of hydrogen-bond acceptors (Lipinski definition) is 7. The first-order chi connectivity index (χ1) is 12.8. The molecule has 0 saturated heterocycles. The lowest BCUT2D eigenvalue weighted by Crippen LogP contribution is -2.16. The fraction of sp³-hybridized carbons (Fsp3) is 0.133. The van der Waals surface area contributed by atoms with E-state index in [1.165, 1.54) is 16.6 Å². The average molecular weight is 394 g/mol. The summed E-state index contributed by atoms with van der Waals surface area (Å²) in [5.41, 5.74) is 1.18. The van der Waals surface area contributed by atoms with Crippen molar-refractivity contribution >= 4 is 38.4 Å². The highest BCUT2D eigenvalue weighted by Crippen LogP contribution is 2.31. The van der Waals surface area contributed by atoms with Crippen molar-refractivity contribution in [2.75, 3.05) is 5.32 Å². The number of nitrogens with one attached hydrogen (secondary N) is 1. The molecule has 3 aromatic heterocycles. The number of fused-ring (bicyclic) bond motifs is 2. The monoisotopic (exact) mass is 394 g/mol. The predicted molar refractivity (Wildman–Crippen MR) is 89.8 cm³/mol. The molecule has 138 valence electrons. The van der Waals surface area contributed by atoms with Crippen LogP contribution in [0.1, 0.15) is 16.3 Å². The second-order valence-electron chi connectivity index (χ2n) is 5.38. The van der Waals surface area contributed by atoms with Crippen molar-refractivity contribution < 1.29 is 22.7 Å². The van der Waals surface area contributed by atoms with Gasteiger partial charge in [0, 0.05) is 18.0 Å². The van der Waals surface area contributed by atoms with Gasteiger partial charge in [0.2, 0.25) is 5.82 Å². The van der Waals surface area contributed by atoms with Crippen molar-refractivity contribution in [3.05, 3.63) is 42.0 Å². The molecule has 27 heavy (non-hydrogen) atoms. The van der Waals surface area contributed by atoms with Crippen molar-refractivity contribution in [2.45, 2.75) is 13.3 Å². The number of anilines is 1. The summed E-state index contributed by atoms with van der Waals surface area (Å²) >= 11 is 1.00. The van der Waals surface area contributed by atoms with Crippen LogP contribution < -0.4 is 10.1 Å². The van der Waals surface area contributed by atoms with Crippen molar-refractivity contribution in [3.8, 4) is 5.75 Å². The molecule has 8 nitrogen and oxygen atoms in total. The highest BCUT2D eigenvalue weighted by atomic mass is 32.1. The molecular formula is C15H9F3N6O2S. The number of aryl methyl sites for hydroxylation is 1. The molecular weight excluding hydrogens is 385 g/mol. The van der Waals surface area contributed by atoms with Crippen molar-refractivity contribution in [1.29, 1.82) is 0 Å². The maximum absolute atomic E-state index is 12.3.